The Hall–Kier alpha value is -0.540. The van der Waals surface area contributed by atoms with Gasteiger partial charge in [-0.1, -0.05) is 28.1 Å². The van der Waals surface area contributed by atoms with Gasteiger partial charge in [0.1, 0.15) is 5.75 Å². The summed E-state index contributed by atoms with van der Waals surface area (Å²) in [7, 11) is 0. The normalized spacial score (nSPS) is 19.6. The van der Waals surface area contributed by atoms with Gasteiger partial charge in [-0.15, -0.1) is 0 Å². The van der Waals surface area contributed by atoms with E-state index in [-0.39, 0.29) is 0 Å². The fourth-order valence-corrected chi connectivity index (χ4v) is 2.58. The first kappa shape index (κ1) is 12.9. The zero-order valence-electron chi connectivity index (χ0n) is 10.5. The third kappa shape index (κ3) is 3.23. The molecule has 2 rings (SSSR count). The van der Waals surface area contributed by atoms with Gasteiger partial charge in [0.2, 0.25) is 0 Å². The second kappa shape index (κ2) is 5.87. The maximum atomic E-state index is 5.96. The molecule has 0 N–H and O–H groups in total. The molecule has 0 saturated carbocycles. The Labute approximate surface area is 111 Å². The monoisotopic (exact) mass is 298 g/mol. The van der Waals surface area contributed by atoms with Gasteiger partial charge < -0.3 is 9.47 Å². The zero-order chi connectivity index (χ0) is 12.3. The Morgan fingerprint density at radius 2 is 2.06 bits per heavy atom. The summed E-state index contributed by atoms with van der Waals surface area (Å²) in [6, 6.07) is 4.37. The van der Waals surface area contributed by atoms with E-state index in [0.29, 0.717) is 5.92 Å². The van der Waals surface area contributed by atoms with E-state index >= 15 is 0 Å². The molecule has 17 heavy (non-hydrogen) atoms. The highest BCUT2D eigenvalue weighted by Gasteiger charge is 2.17. The number of alkyl halides is 1. The van der Waals surface area contributed by atoms with Crippen LogP contribution in [0.3, 0.4) is 0 Å². The molecule has 94 valence electrons. The lowest BCUT2D eigenvalue weighted by Gasteiger charge is -2.15. The van der Waals surface area contributed by atoms with Gasteiger partial charge in [0.15, 0.2) is 0 Å². The molecular formula is C14H19BrO2. The summed E-state index contributed by atoms with van der Waals surface area (Å²) in [5, 5.41) is 0.894. The Morgan fingerprint density at radius 1 is 1.35 bits per heavy atom. The van der Waals surface area contributed by atoms with Crippen molar-refractivity contribution in [1.82, 2.24) is 0 Å². The molecule has 3 heteroatoms. The van der Waals surface area contributed by atoms with E-state index in [1.165, 1.54) is 16.7 Å². The van der Waals surface area contributed by atoms with Crippen molar-refractivity contribution in [2.24, 2.45) is 5.92 Å². The molecule has 2 nitrogen and oxygen atoms in total. The number of aryl methyl sites for hydroxylation is 2. The molecule has 1 aromatic rings. The molecule has 1 saturated heterocycles. The number of rotatable bonds is 4. The fraction of sp³-hybridized carbons (Fsp3) is 0.571. The highest BCUT2D eigenvalue weighted by molar-refractivity contribution is 9.08. The largest absolute Gasteiger partial charge is 0.493 e. The summed E-state index contributed by atoms with van der Waals surface area (Å²) in [5.41, 5.74) is 3.74. The van der Waals surface area contributed by atoms with Crippen LogP contribution in [0.2, 0.25) is 0 Å². The van der Waals surface area contributed by atoms with Crippen LogP contribution >= 0.6 is 15.9 Å². The fourth-order valence-electron chi connectivity index (χ4n) is 2.26. The summed E-state index contributed by atoms with van der Waals surface area (Å²) in [4.78, 5) is 0. The van der Waals surface area contributed by atoms with Crippen molar-refractivity contribution >= 4 is 15.9 Å². The predicted molar refractivity (Wildman–Crippen MR) is 73.0 cm³/mol. The molecule has 1 heterocycles. The van der Waals surface area contributed by atoms with E-state index in [9.17, 15) is 0 Å². The third-order valence-electron chi connectivity index (χ3n) is 3.16. The first-order chi connectivity index (χ1) is 8.20. The van der Waals surface area contributed by atoms with Crippen molar-refractivity contribution in [3.8, 4) is 5.75 Å². The molecular weight excluding hydrogens is 280 g/mol. The van der Waals surface area contributed by atoms with Crippen molar-refractivity contribution in [3.63, 3.8) is 0 Å². The lowest BCUT2D eigenvalue weighted by molar-refractivity contribution is 0.166. The SMILES string of the molecule is Cc1cc(CBr)cc(C)c1OCC1CCOC1. The molecule has 0 radical (unpaired) electrons. The standard InChI is InChI=1S/C14H19BrO2/c1-10-5-13(7-15)6-11(2)14(10)17-9-12-3-4-16-8-12/h5-6,12H,3-4,7-9H2,1-2H3. The summed E-state index contributed by atoms with van der Waals surface area (Å²) >= 11 is 3.49. The number of hydrogen-bond donors (Lipinski definition) is 0. The van der Waals surface area contributed by atoms with E-state index in [4.69, 9.17) is 9.47 Å². The molecule has 1 unspecified atom stereocenters. The predicted octanol–water partition coefficient (Wildman–Crippen LogP) is 3.61. The minimum absolute atomic E-state index is 0.560. The maximum absolute atomic E-state index is 5.96. The summed E-state index contributed by atoms with van der Waals surface area (Å²) in [6.45, 7) is 6.72. The average molecular weight is 299 g/mol. The van der Waals surface area contributed by atoms with Crippen LogP contribution in [0.1, 0.15) is 23.1 Å². The number of hydrogen-bond acceptors (Lipinski definition) is 2. The number of halogens is 1. The Kier molecular flexibility index (Phi) is 4.46. The van der Waals surface area contributed by atoms with Gasteiger partial charge >= 0.3 is 0 Å². The van der Waals surface area contributed by atoms with Crippen LogP contribution in [-0.2, 0) is 10.1 Å². The van der Waals surface area contributed by atoms with E-state index in [2.05, 4.69) is 41.9 Å². The molecule has 0 aliphatic carbocycles. The zero-order valence-corrected chi connectivity index (χ0v) is 12.0. The van der Waals surface area contributed by atoms with Gasteiger partial charge in [-0.05, 0) is 37.0 Å². The van der Waals surface area contributed by atoms with Crippen LogP contribution < -0.4 is 4.74 Å². The van der Waals surface area contributed by atoms with Gasteiger partial charge in [-0.2, -0.15) is 0 Å². The molecule has 1 atom stereocenters. The molecule has 1 aliphatic rings. The van der Waals surface area contributed by atoms with Crippen LogP contribution in [0.15, 0.2) is 12.1 Å². The molecule has 0 aromatic heterocycles. The highest BCUT2D eigenvalue weighted by Crippen LogP contribution is 2.27. The minimum Gasteiger partial charge on any atom is -0.493 e. The van der Waals surface area contributed by atoms with E-state index in [1.807, 2.05) is 0 Å². The van der Waals surface area contributed by atoms with Crippen molar-refractivity contribution in [2.45, 2.75) is 25.6 Å². The van der Waals surface area contributed by atoms with Crippen molar-refractivity contribution < 1.29 is 9.47 Å². The van der Waals surface area contributed by atoms with Crippen LogP contribution in [0.25, 0.3) is 0 Å². The van der Waals surface area contributed by atoms with E-state index < -0.39 is 0 Å². The van der Waals surface area contributed by atoms with E-state index in [1.54, 1.807) is 0 Å². The second-order valence-electron chi connectivity index (χ2n) is 4.73. The third-order valence-corrected chi connectivity index (χ3v) is 3.81. The topological polar surface area (TPSA) is 18.5 Å². The first-order valence-electron chi connectivity index (χ1n) is 6.07. The lowest BCUT2D eigenvalue weighted by atomic mass is 10.1. The lowest BCUT2D eigenvalue weighted by Crippen LogP contribution is -2.12. The van der Waals surface area contributed by atoms with Crippen LogP contribution in [0.4, 0.5) is 0 Å². The molecule has 0 bridgehead atoms. The highest BCUT2D eigenvalue weighted by atomic mass is 79.9. The second-order valence-corrected chi connectivity index (χ2v) is 5.29. The molecule has 0 spiro atoms. The molecule has 1 aliphatic heterocycles. The Morgan fingerprint density at radius 3 is 2.59 bits per heavy atom. The Balaban J connectivity index is 2.04. The van der Waals surface area contributed by atoms with Crippen LogP contribution in [0, 0.1) is 19.8 Å². The van der Waals surface area contributed by atoms with Gasteiger partial charge in [0.05, 0.1) is 13.2 Å². The summed E-state index contributed by atoms with van der Waals surface area (Å²) < 4.78 is 11.3. The minimum atomic E-state index is 0.560. The van der Waals surface area contributed by atoms with Gasteiger partial charge in [-0.25, -0.2) is 0 Å². The first-order valence-corrected chi connectivity index (χ1v) is 7.19. The summed E-state index contributed by atoms with van der Waals surface area (Å²) in [5.74, 6) is 1.60. The Bertz CT molecular complexity index is 361. The molecule has 1 fully saturated rings. The number of ether oxygens (including phenoxy) is 2. The van der Waals surface area contributed by atoms with Crippen molar-refractivity contribution in [2.75, 3.05) is 19.8 Å². The summed E-state index contributed by atoms with van der Waals surface area (Å²) in [6.07, 6.45) is 1.12. The molecule has 0 amide bonds. The van der Waals surface area contributed by atoms with Crippen LogP contribution in [0.5, 0.6) is 5.75 Å². The average Bonchev–Trinajstić information content (AvgIpc) is 2.80. The van der Waals surface area contributed by atoms with Gasteiger partial charge in [0.25, 0.3) is 0 Å². The smallest absolute Gasteiger partial charge is 0.125 e. The van der Waals surface area contributed by atoms with Crippen molar-refractivity contribution in [3.05, 3.63) is 28.8 Å². The maximum Gasteiger partial charge on any atom is 0.125 e. The van der Waals surface area contributed by atoms with Gasteiger partial charge in [0, 0.05) is 17.9 Å². The van der Waals surface area contributed by atoms with Crippen molar-refractivity contribution in [1.29, 1.82) is 0 Å². The van der Waals surface area contributed by atoms with E-state index in [0.717, 1.165) is 37.3 Å². The van der Waals surface area contributed by atoms with Gasteiger partial charge in [-0.3, -0.25) is 0 Å². The number of benzene rings is 1. The van der Waals surface area contributed by atoms with Crippen LogP contribution in [-0.4, -0.2) is 19.8 Å². The quantitative estimate of drug-likeness (QED) is 0.791. The molecule has 1 aromatic carbocycles.